The quantitative estimate of drug-likeness (QED) is 0.0702. The maximum atomic E-state index is 11.9. The van der Waals surface area contributed by atoms with Gasteiger partial charge in [0.15, 0.2) is 69.1 Å². The molecule has 0 fully saturated rings. The summed E-state index contributed by atoms with van der Waals surface area (Å²) in [4.78, 5) is 47.7. The Morgan fingerprint density at radius 2 is 0.611 bits per heavy atom. The van der Waals surface area contributed by atoms with E-state index in [2.05, 4.69) is 0 Å². The topological polar surface area (TPSA) is 186 Å². The van der Waals surface area contributed by atoms with Gasteiger partial charge >= 0.3 is 0 Å². The summed E-state index contributed by atoms with van der Waals surface area (Å²) in [5, 5.41) is 38.2. The minimum atomic E-state index is -0.347. The number of carbonyl (C=O) groups excluding carboxylic acids is 4. The lowest BCUT2D eigenvalue weighted by atomic mass is 10.1. The molecule has 0 saturated heterocycles. The van der Waals surface area contributed by atoms with Crippen molar-refractivity contribution in [3.8, 4) is 46.0 Å². The van der Waals surface area contributed by atoms with Gasteiger partial charge in [0.05, 0.1) is 41.3 Å². The number of ketones is 4. The van der Waals surface area contributed by atoms with E-state index in [9.17, 15) is 39.6 Å². The highest BCUT2D eigenvalue weighted by Gasteiger charge is 2.08. The molecule has 0 aliphatic rings. The van der Waals surface area contributed by atoms with Crippen LogP contribution < -0.4 is 18.9 Å². The SMILES string of the molecule is COc1cc(C=CC(=O)CC(=O)C=Cc2ccc(O)c(OC)c2)ccc1O.COc1cc(C=CC(=O)CC(=O)C=Cc2ccc(O)c(OC)c2)ccc1O. The molecule has 12 nitrogen and oxygen atoms in total. The van der Waals surface area contributed by atoms with Crippen LogP contribution in [0.4, 0.5) is 0 Å². The molecule has 0 amide bonds. The van der Waals surface area contributed by atoms with Crippen molar-refractivity contribution in [1.29, 1.82) is 0 Å². The Hall–Kier alpha value is -7.08. The first-order valence-corrected chi connectivity index (χ1v) is 16.2. The molecule has 54 heavy (non-hydrogen) atoms. The Bertz CT molecular complexity index is 1790. The van der Waals surface area contributed by atoms with Gasteiger partial charge in [-0.2, -0.15) is 0 Å². The smallest absolute Gasteiger partial charge is 0.163 e. The molecule has 0 unspecified atom stereocenters. The van der Waals surface area contributed by atoms with Gasteiger partial charge in [-0.15, -0.1) is 0 Å². The summed E-state index contributed by atoms with van der Waals surface area (Å²) in [5.41, 5.74) is 2.66. The van der Waals surface area contributed by atoms with Crippen molar-refractivity contribution in [2.75, 3.05) is 28.4 Å². The fourth-order valence-corrected chi connectivity index (χ4v) is 4.53. The largest absolute Gasteiger partial charge is 0.504 e. The van der Waals surface area contributed by atoms with Crippen molar-refractivity contribution in [3.05, 3.63) is 119 Å². The maximum absolute atomic E-state index is 11.9. The third-order valence-electron chi connectivity index (χ3n) is 7.36. The summed E-state index contributed by atoms with van der Waals surface area (Å²) in [6.45, 7) is 0. The van der Waals surface area contributed by atoms with Crippen molar-refractivity contribution < 1.29 is 58.6 Å². The molecule has 12 heteroatoms. The van der Waals surface area contributed by atoms with Gasteiger partial charge in [0.1, 0.15) is 0 Å². The van der Waals surface area contributed by atoms with E-state index in [1.54, 1.807) is 72.8 Å². The van der Waals surface area contributed by atoms with E-state index < -0.39 is 0 Å². The molecule has 4 rings (SSSR count). The van der Waals surface area contributed by atoms with Gasteiger partial charge in [-0.25, -0.2) is 0 Å². The van der Waals surface area contributed by atoms with E-state index in [0.717, 1.165) is 0 Å². The molecule has 280 valence electrons. The minimum Gasteiger partial charge on any atom is -0.504 e. The van der Waals surface area contributed by atoms with Crippen LogP contribution in [0, 0.1) is 0 Å². The molecule has 0 aliphatic carbocycles. The number of aromatic hydroxyl groups is 4. The summed E-state index contributed by atoms with van der Waals surface area (Å²) in [5.74, 6) is -0.166. The second-order valence-electron chi connectivity index (χ2n) is 11.3. The lowest BCUT2D eigenvalue weighted by Gasteiger charge is -2.03. The van der Waals surface area contributed by atoms with Crippen molar-refractivity contribution in [2.45, 2.75) is 12.8 Å². The van der Waals surface area contributed by atoms with E-state index in [0.29, 0.717) is 45.3 Å². The second kappa shape index (κ2) is 20.7. The second-order valence-corrected chi connectivity index (χ2v) is 11.3. The zero-order chi connectivity index (χ0) is 39.6. The fourth-order valence-electron chi connectivity index (χ4n) is 4.53. The first kappa shape index (κ1) is 41.3. The van der Waals surface area contributed by atoms with Crippen LogP contribution in [0.1, 0.15) is 35.1 Å². The van der Waals surface area contributed by atoms with E-state index >= 15 is 0 Å². The normalized spacial score (nSPS) is 11.0. The molecule has 0 aromatic heterocycles. The summed E-state index contributed by atoms with van der Waals surface area (Å²) in [6.07, 6.45) is 10.9. The lowest BCUT2D eigenvalue weighted by Crippen LogP contribution is -2.01. The number of carbonyl (C=O) groups is 4. The van der Waals surface area contributed by atoms with Crippen LogP contribution in [0.5, 0.6) is 46.0 Å². The molecular weight excluding hydrogens is 696 g/mol. The van der Waals surface area contributed by atoms with Crippen molar-refractivity contribution in [1.82, 2.24) is 0 Å². The monoisotopic (exact) mass is 736 g/mol. The Labute approximate surface area is 312 Å². The van der Waals surface area contributed by atoms with Gasteiger partial charge in [-0.1, -0.05) is 48.6 Å². The van der Waals surface area contributed by atoms with Crippen LogP contribution in [0.3, 0.4) is 0 Å². The third kappa shape index (κ3) is 13.2. The number of hydrogen-bond donors (Lipinski definition) is 4. The average molecular weight is 737 g/mol. The predicted molar refractivity (Wildman–Crippen MR) is 204 cm³/mol. The van der Waals surface area contributed by atoms with Crippen molar-refractivity contribution in [3.63, 3.8) is 0 Å². The summed E-state index contributed by atoms with van der Waals surface area (Å²) in [7, 11) is 5.73. The van der Waals surface area contributed by atoms with Crippen LogP contribution >= 0.6 is 0 Å². The van der Waals surface area contributed by atoms with Crippen LogP contribution in [0.2, 0.25) is 0 Å². The maximum Gasteiger partial charge on any atom is 0.163 e. The van der Waals surface area contributed by atoms with Gasteiger partial charge in [0, 0.05) is 0 Å². The number of phenols is 4. The van der Waals surface area contributed by atoms with Crippen LogP contribution in [0.15, 0.2) is 97.1 Å². The molecule has 4 aromatic rings. The first-order chi connectivity index (χ1) is 25.8. The van der Waals surface area contributed by atoms with E-state index in [1.165, 1.54) is 77.0 Å². The lowest BCUT2D eigenvalue weighted by molar-refractivity contribution is -0.123. The highest BCUT2D eigenvalue weighted by atomic mass is 16.5. The summed E-state index contributed by atoms with van der Waals surface area (Å²) >= 11 is 0. The molecule has 0 saturated carbocycles. The number of hydrogen-bond acceptors (Lipinski definition) is 12. The zero-order valence-corrected chi connectivity index (χ0v) is 30.0. The molecular formula is C42H40O12. The molecule has 0 aliphatic heterocycles. The van der Waals surface area contributed by atoms with E-state index in [-0.39, 0.29) is 59.0 Å². The Morgan fingerprint density at radius 3 is 0.796 bits per heavy atom. The molecule has 4 N–H and O–H groups in total. The number of benzene rings is 4. The molecule has 0 heterocycles. The van der Waals surface area contributed by atoms with Crippen LogP contribution in [0.25, 0.3) is 24.3 Å². The zero-order valence-electron chi connectivity index (χ0n) is 30.0. The first-order valence-electron chi connectivity index (χ1n) is 16.2. The number of ether oxygens (including phenoxy) is 4. The number of rotatable bonds is 16. The molecule has 0 atom stereocenters. The van der Waals surface area contributed by atoms with Gasteiger partial charge in [-0.05, 0) is 95.1 Å². The molecule has 0 bridgehead atoms. The standard InChI is InChI=1S/2C21H20O6/c2*1-26-20-11-14(5-9-18(20)24)3-7-16(22)13-17(23)8-4-15-6-10-19(25)21(12-15)27-2/h2*3-12,24-25H,13H2,1-2H3. The minimum absolute atomic E-state index is 0.00662. The van der Waals surface area contributed by atoms with Crippen molar-refractivity contribution in [2.24, 2.45) is 0 Å². The molecule has 0 radical (unpaired) electrons. The number of allylic oxidation sites excluding steroid dienone is 4. The van der Waals surface area contributed by atoms with Crippen LogP contribution in [-0.4, -0.2) is 72.0 Å². The Morgan fingerprint density at radius 1 is 0.407 bits per heavy atom. The average Bonchev–Trinajstić information content (AvgIpc) is 3.16. The summed E-state index contributed by atoms with van der Waals surface area (Å²) < 4.78 is 20.0. The number of phenolic OH excluding ortho intramolecular Hbond substituents is 4. The highest BCUT2D eigenvalue weighted by molar-refractivity contribution is 6.11. The van der Waals surface area contributed by atoms with E-state index in [4.69, 9.17) is 18.9 Å². The van der Waals surface area contributed by atoms with E-state index in [1.807, 2.05) is 0 Å². The van der Waals surface area contributed by atoms with Gasteiger partial charge < -0.3 is 39.4 Å². The van der Waals surface area contributed by atoms with Crippen molar-refractivity contribution >= 4 is 47.4 Å². The van der Waals surface area contributed by atoms with Gasteiger partial charge in [0.25, 0.3) is 0 Å². The van der Waals surface area contributed by atoms with Gasteiger partial charge in [-0.3, -0.25) is 19.2 Å². The Balaban J connectivity index is 0.000000290. The molecule has 0 spiro atoms. The summed E-state index contributed by atoms with van der Waals surface area (Å²) in [6, 6.07) is 18.7. The third-order valence-corrected chi connectivity index (χ3v) is 7.36. The highest BCUT2D eigenvalue weighted by Crippen LogP contribution is 2.29. The number of methoxy groups -OCH3 is 4. The van der Waals surface area contributed by atoms with Crippen LogP contribution in [-0.2, 0) is 19.2 Å². The predicted octanol–water partition coefficient (Wildman–Crippen LogP) is 6.74. The molecule has 4 aromatic carbocycles. The Kier molecular flexibility index (Phi) is 15.8. The van der Waals surface area contributed by atoms with Gasteiger partial charge in [0.2, 0.25) is 0 Å². The fraction of sp³-hybridized carbons (Fsp3) is 0.143.